The van der Waals surface area contributed by atoms with Gasteiger partial charge in [0, 0.05) is 50.3 Å². The number of benzene rings is 2. The topological polar surface area (TPSA) is 114 Å². The Hall–Kier alpha value is -4.39. The van der Waals surface area contributed by atoms with Crippen molar-refractivity contribution in [3.63, 3.8) is 0 Å². The van der Waals surface area contributed by atoms with Gasteiger partial charge in [0.25, 0.3) is 0 Å². The van der Waals surface area contributed by atoms with Gasteiger partial charge in [0.15, 0.2) is 5.82 Å². The molecule has 2 aromatic carbocycles. The standard InChI is InChI=1S/C34H41N7O5/c1-4-34(42)38-27-16-28(31(44-3)17-30(27)39-11-8-23(9-12-39)40-19-26-15-24(40)20-45-26)37-32-18-33(36-21-35-32)41-29(10-13-46-41)22-6-5-7-25(14-22)43-2/h4-7,14,16-18,21,23-24,26,29H,1,8-13,15,19-20H2,2-3H3,(H,38,42)(H,35,36,37)/t24-,26-,29-/m1/s1. The number of hydrogen-bond donors (Lipinski definition) is 2. The number of aromatic nitrogens is 2. The fourth-order valence-electron chi connectivity index (χ4n) is 7.22. The summed E-state index contributed by atoms with van der Waals surface area (Å²) in [6.07, 6.45) is 7.27. The van der Waals surface area contributed by atoms with Gasteiger partial charge in [0.1, 0.15) is 23.6 Å². The van der Waals surface area contributed by atoms with E-state index < -0.39 is 0 Å². The van der Waals surface area contributed by atoms with Crippen molar-refractivity contribution in [2.24, 2.45) is 0 Å². The highest BCUT2D eigenvalue weighted by molar-refractivity contribution is 6.02. The zero-order chi connectivity index (χ0) is 31.6. The molecule has 0 aliphatic carbocycles. The maximum atomic E-state index is 12.6. The number of nitrogens with zero attached hydrogens (tertiary/aromatic N) is 5. The van der Waals surface area contributed by atoms with Crippen LogP contribution < -0.4 is 30.1 Å². The van der Waals surface area contributed by atoms with Crippen molar-refractivity contribution in [3.8, 4) is 11.5 Å². The number of hydrogen-bond acceptors (Lipinski definition) is 11. The first kappa shape index (κ1) is 30.3. The van der Waals surface area contributed by atoms with Gasteiger partial charge in [-0.25, -0.2) is 15.0 Å². The lowest BCUT2D eigenvalue weighted by Crippen LogP contribution is -2.49. The predicted octanol–water partition coefficient (Wildman–Crippen LogP) is 4.69. The van der Waals surface area contributed by atoms with Gasteiger partial charge >= 0.3 is 0 Å². The summed E-state index contributed by atoms with van der Waals surface area (Å²) in [6, 6.07) is 14.8. The van der Waals surface area contributed by atoms with Crippen molar-refractivity contribution in [2.75, 3.05) is 67.7 Å². The van der Waals surface area contributed by atoms with Crippen molar-refractivity contribution in [1.82, 2.24) is 14.9 Å². The van der Waals surface area contributed by atoms with Crippen LogP contribution in [-0.4, -0.2) is 86.0 Å². The predicted molar refractivity (Wildman–Crippen MR) is 176 cm³/mol. The molecule has 4 aliphatic rings. The Labute approximate surface area is 269 Å². The number of carbonyl (C=O) groups excluding carboxylic acids is 1. The SMILES string of the molecule is C=CC(=O)Nc1cc(Nc2cc(N3OCC[C@@H]3c3cccc(OC)c3)ncn2)c(OC)cc1N1CCC(N2C[C@H]3C[C@@H]2CO3)CC1. The Kier molecular flexibility index (Phi) is 8.65. The minimum absolute atomic E-state index is 0.0227. The minimum atomic E-state index is -0.278. The van der Waals surface area contributed by atoms with E-state index >= 15 is 0 Å². The number of rotatable bonds is 10. The number of fused-ring (bicyclic) bond motifs is 2. The van der Waals surface area contributed by atoms with E-state index in [-0.39, 0.29) is 11.9 Å². The van der Waals surface area contributed by atoms with Crippen molar-refractivity contribution < 1.29 is 23.8 Å². The van der Waals surface area contributed by atoms with Crippen LogP contribution in [-0.2, 0) is 14.4 Å². The maximum absolute atomic E-state index is 12.6. The van der Waals surface area contributed by atoms with E-state index in [1.165, 1.54) is 12.4 Å². The third kappa shape index (κ3) is 6.07. The van der Waals surface area contributed by atoms with E-state index in [0.717, 1.165) is 68.9 Å². The van der Waals surface area contributed by atoms with E-state index in [9.17, 15) is 4.79 Å². The number of hydroxylamine groups is 1. The van der Waals surface area contributed by atoms with Crippen molar-refractivity contribution in [2.45, 2.75) is 49.9 Å². The fraction of sp³-hybridized carbons (Fsp3) is 0.441. The molecule has 4 saturated heterocycles. The lowest BCUT2D eigenvalue weighted by Gasteiger charge is -2.41. The van der Waals surface area contributed by atoms with Gasteiger partial charge < -0.3 is 29.7 Å². The summed E-state index contributed by atoms with van der Waals surface area (Å²) in [5.41, 5.74) is 3.33. The molecule has 0 spiro atoms. The molecule has 7 rings (SSSR count). The summed E-state index contributed by atoms with van der Waals surface area (Å²) < 4.78 is 17.1. The smallest absolute Gasteiger partial charge is 0.247 e. The van der Waals surface area contributed by atoms with E-state index in [0.29, 0.717) is 53.6 Å². The Morgan fingerprint density at radius 1 is 1.04 bits per heavy atom. The molecule has 2 bridgehead atoms. The largest absolute Gasteiger partial charge is 0.497 e. The average Bonchev–Trinajstić information content (AvgIpc) is 3.87. The summed E-state index contributed by atoms with van der Waals surface area (Å²) in [6.45, 7) is 7.89. The summed E-state index contributed by atoms with van der Waals surface area (Å²) in [4.78, 5) is 32.6. The molecule has 46 heavy (non-hydrogen) atoms. The van der Waals surface area contributed by atoms with Gasteiger partial charge in [-0.2, -0.15) is 0 Å². The molecule has 2 N–H and O–H groups in total. The van der Waals surface area contributed by atoms with Crippen molar-refractivity contribution in [1.29, 1.82) is 0 Å². The van der Waals surface area contributed by atoms with Gasteiger partial charge in [-0.05, 0) is 49.1 Å². The fourth-order valence-corrected chi connectivity index (χ4v) is 7.22. The lowest BCUT2D eigenvalue weighted by atomic mass is 10.0. The molecule has 1 amide bonds. The van der Waals surface area contributed by atoms with Crippen LogP contribution in [0.4, 0.5) is 28.7 Å². The van der Waals surface area contributed by atoms with Crippen molar-refractivity contribution in [3.05, 3.63) is 67.0 Å². The monoisotopic (exact) mass is 627 g/mol. The van der Waals surface area contributed by atoms with Crippen LogP contribution in [0.25, 0.3) is 0 Å². The van der Waals surface area contributed by atoms with E-state index in [1.54, 1.807) is 14.2 Å². The molecule has 242 valence electrons. The average molecular weight is 628 g/mol. The first-order valence-electron chi connectivity index (χ1n) is 16.0. The van der Waals surface area contributed by atoms with Crippen molar-refractivity contribution >= 4 is 34.6 Å². The van der Waals surface area contributed by atoms with Crippen LogP contribution in [0, 0.1) is 0 Å². The number of ether oxygens (including phenoxy) is 3. The zero-order valence-electron chi connectivity index (χ0n) is 26.4. The number of amides is 1. The number of morpholine rings is 1. The molecule has 3 atom stereocenters. The molecule has 0 saturated carbocycles. The molecule has 1 aromatic heterocycles. The van der Waals surface area contributed by atoms with Crippen LogP contribution in [0.15, 0.2) is 61.4 Å². The number of carbonyl (C=O) groups is 1. The first-order chi connectivity index (χ1) is 22.5. The number of nitrogens with one attached hydrogen (secondary N) is 2. The Bertz CT molecular complexity index is 1580. The Morgan fingerprint density at radius 2 is 1.91 bits per heavy atom. The molecule has 0 unspecified atom stereocenters. The van der Waals surface area contributed by atoms with Gasteiger partial charge in [-0.1, -0.05) is 18.7 Å². The maximum Gasteiger partial charge on any atom is 0.247 e. The zero-order valence-corrected chi connectivity index (χ0v) is 26.4. The third-order valence-electron chi connectivity index (χ3n) is 9.50. The van der Waals surface area contributed by atoms with Gasteiger partial charge in [-0.3, -0.25) is 14.5 Å². The molecule has 0 radical (unpaired) electrons. The minimum Gasteiger partial charge on any atom is -0.497 e. The highest BCUT2D eigenvalue weighted by Crippen LogP contribution is 2.41. The van der Waals surface area contributed by atoms with Crippen LogP contribution >= 0.6 is 0 Å². The molecule has 12 nitrogen and oxygen atoms in total. The Morgan fingerprint density at radius 3 is 2.65 bits per heavy atom. The lowest BCUT2D eigenvalue weighted by molar-refractivity contribution is -0.111. The molecular weight excluding hydrogens is 586 g/mol. The highest BCUT2D eigenvalue weighted by atomic mass is 16.7. The van der Waals surface area contributed by atoms with Crippen LogP contribution in [0.1, 0.15) is 37.3 Å². The molecule has 5 heterocycles. The number of methoxy groups -OCH3 is 2. The summed E-state index contributed by atoms with van der Waals surface area (Å²) in [7, 11) is 3.31. The van der Waals surface area contributed by atoms with Gasteiger partial charge in [-0.15, -0.1) is 0 Å². The molecule has 12 heteroatoms. The second-order valence-corrected chi connectivity index (χ2v) is 12.1. The van der Waals surface area contributed by atoms with E-state index in [1.807, 2.05) is 41.5 Å². The number of likely N-dealkylation sites (tertiary alicyclic amines) is 1. The second-order valence-electron chi connectivity index (χ2n) is 12.1. The number of anilines is 5. The van der Waals surface area contributed by atoms with E-state index in [4.69, 9.17) is 19.0 Å². The second kappa shape index (κ2) is 13.1. The van der Waals surface area contributed by atoms with Crippen LogP contribution in [0.2, 0.25) is 0 Å². The Balaban J connectivity index is 1.11. The molecule has 3 aromatic rings. The summed E-state index contributed by atoms with van der Waals surface area (Å²) in [5.74, 6) is 2.33. The third-order valence-corrected chi connectivity index (χ3v) is 9.50. The molecular formula is C34H41N7O5. The van der Waals surface area contributed by atoms with E-state index in [2.05, 4.69) is 43.0 Å². The summed E-state index contributed by atoms with van der Waals surface area (Å²) >= 11 is 0. The number of piperidine rings is 1. The molecule has 4 fully saturated rings. The first-order valence-corrected chi connectivity index (χ1v) is 16.0. The van der Waals surface area contributed by atoms with Gasteiger partial charge in [0.05, 0.1) is 56.6 Å². The quantitative estimate of drug-likeness (QED) is 0.305. The van der Waals surface area contributed by atoms with Gasteiger partial charge in [0.2, 0.25) is 5.91 Å². The highest BCUT2D eigenvalue weighted by Gasteiger charge is 2.42. The van der Waals surface area contributed by atoms with Crippen LogP contribution in [0.3, 0.4) is 0 Å². The normalized spacial score (nSPS) is 23.0. The molecule has 4 aliphatic heterocycles. The van der Waals surface area contributed by atoms with Crippen LogP contribution in [0.5, 0.6) is 11.5 Å². The summed E-state index contributed by atoms with van der Waals surface area (Å²) in [5, 5.41) is 8.23.